The molecular weight excluding hydrogens is 465 g/mol. The molecule has 0 radical (unpaired) electrons. The number of aryl methyl sites for hydroxylation is 1. The van der Waals surface area contributed by atoms with Crippen LogP contribution in [-0.4, -0.2) is 58.0 Å². The number of likely N-dealkylation sites (tertiary alicyclic amines) is 1. The molecule has 6 nitrogen and oxygen atoms in total. The molecule has 0 unspecified atom stereocenters. The third-order valence-electron chi connectivity index (χ3n) is 7.25. The van der Waals surface area contributed by atoms with E-state index < -0.39 is 0 Å². The maximum absolute atomic E-state index is 13.5. The van der Waals surface area contributed by atoms with Crippen LogP contribution in [-0.2, 0) is 6.54 Å². The van der Waals surface area contributed by atoms with Gasteiger partial charge in [-0.05, 0) is 94.2 Å². The molecule has 1 aliphatic heterocycles. The molecule has 2 aromatic carbocycles. The molecule has 4 rings (SSSR count). The fraction of sp³-hybridized carbons (Fsp3) is 0.533. The second-order valence-electron chi connectivity index (χ2n) is 10.2. The smallest absolute Gasteiger partial charge is 0.253 e. The minimum atomic E-state index is -0.264. The van der Waals surface area contributed by atoms with Gasteiger partial charge >= 0.3 is 0 Å². The standard InChI is InChI=1S/C30H42FN5O/c1-3-5-20-35(21-6-4-2)29(37)24-11-16-27-28(23-24)36(22-10-19-34-17-8-7-9-18-34)30(33-27)32-26-14-12-25(31)13-15-26/h11-16,23H,3-10,17-22H2,1-2H3,(H,32,33). The van der Waals surface area contributed by atoms with E-state index in [2.05, 4.69) is 28.6 Å². The van der Waals surface area contributed by atoms with Crippen molar-refractivity contribution >= 4 is 28.6 Å². The zero-order valence-electron chi connectivity index (χ0n) is 22.5. The number of nitrogens with zero attached hydrogens (tertiary/aromatic N) is 4. The van der Waals surface area contributed by atoms with Crippen molar-refractivity contribution in [1.29, 1.82) is 0 Å². The number of rotatable bonds is 13. The number of unbranched alkanes of at least 4 members (excludes halogenated alkanes) is 2. The van der Waals surface area contributed by atoms with Crippen molar-refractivity contribution in [2.75, 3.05) is 38.0 Å². The first kappa shape index (κ1) is 27.1. The van der Waals surface area contributed by atoms with Crippen LogP contribution in [0.25, 0.3) is 11.0 Å². The lowest BCUT2D eigenvalue weighted by molar-refractivity contribution is 0.0751. The van der Waals surface area contributed by atoms with Gasteiger partial charge in [0.2, 0.25) is 5.95 Å². The van der Waals surface area contributed by atoms with Crippen molar-refractivity contribution in [2.24, 2.45) is 0 Å². The number of piperidine rings is 1. The van der Waals surface area contributed by atoms with Gasteiger partial charge in [-0.1, -0.05) is 33.1 Å². The molecule has 0 bridgehead atoms. The Hall–Kier alpha value is -2.93. The average Bonchev–Trinajstić information content (AvgIpc) is 3.26. The van der Waals surface area contributed by atoms with Crippen molar-refractivity contribution in [1.82, 2.24) is 19.4 Å². The quantitative estimate of drug-likeness (QED) is 0.275. The van der Waals surface area contributed by atoms with Crippen molar-refractivity contribution in [2.45, 2.75) is 71.8 Å². The lowest BCUT2D eigenvalue weighted by Crippen LogP contribution is -2.33. The normalized spacial score (nSPS) is 14.2. The van der Waals surface area contributed by atoms with Crippen molar-refractivity contribution in [3.05, 3.63) is 53.8 Å². The molecule has 37 heavy (non-hydrogen) atoms. The lowest BCUT2D eigenvalue weighted by atomic mass is 10.1. The maximum Gasteiger partial charge on any atom is 0.253 e. The highest BCUT2D eigenvalue weighted by Gasteiger charge is 2.19. The molecule has 1 N–H and O–H groups in total. The molecule has 1 saturated heterocycles. The SMILES string of the molecule is CCCCN(CCCC)C(=O)c1ccc2nc(Nc3ccc(F)cc3)n(CCCN3CCCCC3)c2c1. The predicted molar refractivity (Wildman–Crippen MR) is 150 cm³/mol. The Morgan fingerprint density at radius 3 is 2.32 bits per heavy atom. The van der Waals surface area contributed by atoms with E-state index >= 15 is 0 Å². The number of hydrogen-bond donors (Lipinski definition) is 1. The van der Waals surface area contributed by atoms with Gasteiger partial charge in [0, 0.05) is 30.9 Å². The molecule has 1 fully saturated rings. The molecule has 7 heteroatoms. The highest BCUT2D eigenvalue weighted by molar-refractivity contribution is 5.98. The number of hydrogen-bond acceptors (Lipinski definition) is 4. The summed E-state index contributed by atoms with van der Waals surface area (Å²) in [6.07, 6.45) is 9.05. The number of aromatic nitrogens is 2. The minimum absolute atomic E-state index is 0.0953. The summed E-state index contributed by atoms with van der Waals surface area (Å²) >= 11 is 0. The number of imidazole rings is 1. The number of amides is 1. The van der Waals surface area contributed by atoms with Crippen LogP contribution in [0.4, 0.5) is 16.0 Å². The van der Waals surface area contributed by atoms with Gasteiger partial charge in [-0.2, -0.15) is 0 Å². The molecule has 1 amide bonds. The number of carbonyl (C=O) groups is 1. The van der Waals surface area contributed by atoms with Gasteiger partial charge in [0.25, 0.3) is 5.91 Å². The number of fused-ring (bicyclic) bond motifs is 1. The summed E-state index contributed by atoms with van der Waals surface area (Å²) in [7, 11) is 0. The van der Waals surface area contributed by atoms with Crippen LogP contribution < -0.4 is 5.32 Å². The van der Waals surface area contributed by atoms with Gasteiger partial charge in [0.05, 0.1) is 11.0 Å². The van der Waals surface area contributed by atoms with Gasteiger partial charge < -0.3 is 19.7 Å². The van der Waals surface area contributed by atoms with E-state index in [9.17, 15) is 9.18 Å². The number of anilines is 2. The molecule has 3 aromatic rings. The number of carbonyl (C=O) groups excluding carboxylic acids is 1. The van der Waals surface area contributed by atoms with Gasteiger partial charge in [-0.15, -0.1) is 0 Å². The molecule has 0 aliphatic carbocycles. The second kappa shape index (κ2) is 13.6. The first-order valence-corrected chi connectivity index (χ1v) is 14.1. The fourth-order valence-corrected chi connectivity index (χ4v) is 5.07. The van der Waals surface area contributed by atoms with Gasteiger partial charge in [-0.25, -0.2) is 9.37 Å². The van der Waals surface area contributed by atoms with E-state index in [0.717, 1.165) is 81.0 Å². The molecule has 200 valence electrons. The highest BCUT2D eigenvalue weighted by Crippen LogP contribution is 2.26. The van der Waals surface area contributed by atoms with E-state index in [1.54, 1.807) is 12.1 Å². The van der Waals surface area contributed by atoms with E-state index in [1.807, 2.05) is 23.1 Å². The van der Waals surface area contributed by atoms with Crippen LogP contribution in [0.1, 0.15) is 75.6 Å². The Balaban J connectivity index is 1.60. The third kappa shape index (κ3) is 7.31. The van der Waals surface area contributed by atoms with Gasteiger partial charge in [0.15, 0.2) is 0 Å². The molecule has 0 atom stereocenters. The first-order chi connectivity index (χ1) is 18.1. The average molecular weight is 508 g/mol. The third-order valence-corrected chi connectivity index (χ3v) is 7.25. The molecule has 1 aliphatic rings. The summed E-state index contributed by atoms with van der Waals surface area (Å²) in [5.74, 6) is 0.552. The number of halogens is 1. The van der Waals surface area contributed by atoms with Crippen LogP contribution in [0, 0.1) is 5.82 Å². The van der Waals surface area contributed by atoms with Crippen LogP contribution in [0.2, 0.25) is 0 Å². The topological polar surface area (TPSA) is 53.4 Å². The lowest BCUT2D eigenvalue weighted by Gasteiger charge is -2.26. The highest BCUT2D eigenvalue weighted by atomic mass is 19.1. The second-order valence-corrected chi connectivity index (χ2v) is 10.2. The largest absolute Gasteiger partial charge is 0.339 e. The monoisotopic (exact) mass is 507 g/mol. The molecule has 1 aromatic heterocycles. The first-order valence-electron chi connectivity index (χ1n) is 14.1. The molecule has 2 heterocycles. The van der Waals surface area contributed by atoms with Crippen LogP contribution >= 0.6 is 0 Å². The summed E-state index contributed by atoms with van der Waals surface area (Å²) in [5.41, 5.74) is 3.31. The summed E-state index contributed by atoms with van der Waals surface area (Å²) in [6, 6.07) is 12.2. The zero-order chi connectivity index (χ0) is 26.0. The van der Waals surface area contributed by atoms with Crippen LogP contribution in [0.15, 0.2) is 42.5 Å². The van der Waals surface area contributed by atoms with Gasteiger partial charge in [-0.3, -0.25) is 4.79 Å². The number of nitrogens with one attached hydrogen (secondary N) is 1. The summed E-state index contributed by atoms with van der Waals surface area (Å²) < 4.78 is 15.6. The summed E-state index contributed by atoms with van der Waals surface area (Å²) in [5, 5.41) is 3.38. The van der Waals surface area contributed by atoms with E-state index in [-0.39, 0.29) is 11.7 Å². The minimum Gasteiger partial charge on any atom is -0.339 e. The van der Waals surface area contributed by atoms with E-state index in [1.165, 1.54) is 44.5 Å². The zero-order valence-corrected chi connectivity index (χ0v) is 22.5. The Morgan fingerprint density at radius 1 is 0.946 bits per heavy atom. The maximum atomic E-state index is 13.5. The summed E-state index contributed by atoms with van der Waals surface area (Å²) in [6.45, 7) is 10.1. The van der Waals surface area contributed by atoms with E-state index in [0.29, 0.717) is 5.56 Å². The molecule has 0 saturated carbocycles. The summed E-state index contributed by atoms with van der Waals surface area (Å²) in [4.78, 5) is 22.9. The van der Waals surface area contributed by atoms with Gasteiger partial charge in [0.1, 0.15) is 5.82 Å². The van der Waals surface area contributed by atoms with Crippen LogP contribution in [0.3, 0.4) is 0 Å². The predicted octanol–water partition coefficient (Wildman–Crippen LogP) is 6.84. The van der Waals surface area contributed by atoms with Crippen molar-refractivity contribution in [3.63, 3.8) is 0 Å². The Labute approximate surface area is 220 Å². The Morgan fingerprint density at radius 2 is 1.65 bits per heavy atom. The molecular formula is C30H42FN5O. The number of benzene rings is 2. The van der Waals surface area contributed by atoms with Crippen molar-refractivity contribution < 1.29 is 9.18 Å². The fourth-order valence-electron chi connectivity index (χ4n) is 5.07. The Kier molecular flexibility index (Phi) is 9.94. The van der Waals surface area contributed by atoms with Crippen LogP contribution in [0.5, 0.6) is 0 Å². The van der Waals surface area contributed by atoms with E-state index in [4.69, 9.17) is 4.98 Å². The Bertz CT molecular complexity index is 1130. The molecule has 0 spiro atoms. The van der Waals surface area contributed by atoms with Crippen molar-refractivity contribution in [3.8, 4) is 0 Å².